The number of carboxylic acids is 3. The first-order chi connectivity index (χ1) is 16.3. The Morgan fingerprint density at radius 3 is 1.80 bits per heavy atom. The smallest absolute Gasteiger partial charge is 0.328 e. The fourth-order valence-electron chi connectivity index (χ4n) is 2.58. The van der Waals surface area contributed by atoms with E-state index in [2.05, 4.69) is 10.3 Å². The van der Waals surface area contributed by atoms with Gasteiger partial charge in [-0.05, 0) is 19.3 Å². The first-order valence-corrected chi connectivity index (χ1v) is 10.3. The van der Waals surface area contributed by atoms with E-state index < -0.39 is 85.7 Å². The number of rotatable bonds is 17. The Balaban J connectivity index is 5.41. The molecule has 4 atom stereocenters. The van der Waals surface area contributed by atoms with Crippen LogP contribution in [0.4, 0.5) is 0 Å². The maximum absolute atomic E-state index is 12.7. The maximum atomic E-state index is 12.7. The maximum Gasteiger partial charge on any atom is 0.328 e. The van der Waals surface area contributed by atoms with Gasteiger partial charge in [0.15, 0.2) is 5.96 Å². The van der Waals surface area contributed by atoms with E-state index in [1.807, 2.05) is 10.6 Å². The molecule has 0 aliphatic heterocycles. The molecule has 13 N–H and O–H groups in total. The van der Waals surface area contributed by atoms with Crippen molar-refractivity contribution >= 4 is 41.6 Å². The van der Waals surface area contributed by atoms with E-state index in [0.717, 1.165) is 0 Å². The Labute approximate surface area is 199 Å². The van der Waals surface area contributed by atoms with Gasteiger partial charge in [-0.1, -0.05) is 0 Å². The summed E-state index contributed by atoms with van der Waals surface area (Å²) in [5.41, 5.74) is 16.1. The topological polar surface area (TPSA) is 310 Å². The monoisotopic (exact) mass is 505 g/mol. The number of aliphatic carboxylic acids is 3. The standard InChI is InChI=1S/C18H31N7O10/c19-8(2-1-5-22-18(20)21)14(31)23-9(3-4-12(27)28)15(32)24-10(6-13(29)30)16(33)25-11(7-26)17(34)35/h8-11,26H,1-7,19H2,(H,23,31)(H,24,32)(H,25,33)(H,27,28)(H,29,30)(H,34,35)(H4,20,21,22). The van der Waals surface area contributed by atoms with Gasteiger partial charge in [-0.25, -0.2) is 4.79 Å². The fraction of sp³-hybridized carbons (Fsp3) is 0.611. The molecule has 0 saturated heterocycles. The highest BCUT2D eigenvalue weighted by molar-refractivity contribution is 5.95. The molecule has 0 bridgehead atoms. The van der Waals surface area contributed by atoms with Gasteiger partial charge < -0.3 is 53.6 Å². The third-order valence-electron chi connectivity index (χ3n) is 4.39. The van der Waals surface area contributed by atoms with Gasteiger partial charge >= 0.3 is 17.9 Å². The molecule has 0 radical (unpaired) electrons. The molecular formula is C18H31N7O10. The molecule has 0 aromatic carbocycles. The summed E-state index contributed by atoms with van der Waals surface area (Å²) in [6.07, 6.45) is -1.55. The number of guanidine groups is 1. The molecule has 17 nitrogen and oxygen atoms in total. The summed E-state index contributed by atoms with van der Waals surface area (Å²) >= 11 is 0. The Kier molecular flexibility index (Phi) is 14.0. The van der Waals surface area contributed by atoms with Gasteiger partial charge in [-0.15, -0.1) is 0 Å². The van der Waals surface area contributed by atoms with Crippen molar-refractivity contribution < 1.29 is 49.2 Å². The first kappa shape index (κ1) is 31.0. The molecule has 0 rings (SSSR count). The van der Waals surface area contributed by atoms with Crippen LogP contribution in [-0.4, -0.2) is 99.3 Å². The third-order valence-corrected chi connectivity index (χ3v) is 4.39. The van der Waals surface area contributed by atoms with Gasteiger partial charge in [0.25, 0.3) is 0 Å². The SMILES string of the molecule is NC(N)=NCCCC(N)C(=O)NC(CCC(=O)O)C(=O)NC(CC(=O)O)C(=O)NC(CO)C(=O)O. The van der Waals surface area contributed by atoms with Crippen molar-refractivity contribution in [2.45, 2.75) is 56.3 Å². The normalized spacial score (nSPS) is 13.9. The van der Waals surface area contributed by atoms with Gasteiger partial charge in [0.2, 0.25) is 17.7 Å². The van der Waals surface area contributed by atoms with Crippen LogP contribution in [0.5, 0.6) is 0 Å². The Hall–Kier alpha value is -3.99. The van der Waals surface area contributed by atoms with Crippen LogP contribution < -0.4 is 33.2 Å². The summed E-state index contributed by atoms with van der Waals surface area (Å²) in [4.78, 5) is 74.1. The lowest BCUT2D eigenvalue weighted by Gasteiger charge is -2.24. The summed E-state index contributed by atoms with van der Waals surface area (Å²) in [5, 5.41) is 42.1. The van der Waals surface area contributed by atoms with Crippen molar-refractivity contribution in [2.75, 3.05) is 13.2 Å². The van der Waals surface area contributed by atoms with Gasteiger partial charge in [0, 0.05) is 13.0 Å². The lowest BCUT2D eigenvalue weighted by Crippen LogP contribution is -2.58. The molecule has 0 fully saturated rings. The van der Waals surface area contributed by atoms with Crippen molar-refractivity contribution in [2.24, 2.45) is 22.2 Å². The number of nitrogens with two attached hydrogens (primary N) is 3. The molecule has 0 heterocycles. The van der Waals surface area contributed by atoms with Crippen LogP contribution in [0.1, 0.15) is 32.1 Å². The summed E-state index contributed by atoms with van der Waals surface area (Å²) in [6, 6.07) is -6.20. The van der Waals surface area contributed by atoms with Crippen LogP contribution in [0, 0.1) is 0 Å². The van der Waals surface area contributed by atoms with E-state index in [-0.39, 0.29) is 18.9 Å². The second-order valence-electron chi connectivity index (χ2n) is 7.29. The molecule has 17 heteroatoms. The number of hydrogen-bond acceptors (Lipinski definition) is 9. The number of hydrogen-bond donors (Lipinski definition) is 10. The number of amides is 3. The van der Waals surface area contributed by atoms with Crippen LogP contribution >= 0.6 is 0 Å². The molecule has 0 saturated carbocycles. The predicted molar refractivity (Wildman–Crippen MR) is 118 cm³/mol. The van der Waals surface area contributed by atoms with E-state index >= 15 is 0 Å². The molecular weight excluding hydrogens is 474 g/mol. The highest BCUT2D eigenvalue weighted by Gasteiger charge is 2.31. The molecule has 0 aromatic heterocycles. The molecule has 0 aliphatic carbocycles. The number of aliphatic imine (C=N–C) groups is 1. The van der Waals surface area contributed by atoms with Crippen molar-refractivity contribution in [3.8, 4) is 0 Å². The van der Waals surface area contributed by atoms with Crippen LogP contribution in [0.3, 0.4) is 0 Å². The second-order valence-corrected chi connectivity index (χ2v) is 7.29. The van der Waals surface area contributed by atoms with Gasteiger partial charge in [-0.3, -0.25) is 29.0 Å². The highest BCUT2D eigenvalue weighted by atomic mass is 16.4. The highest BCUT2D eigenvalue weighted by Crippen LogP contribution is 2.04. The molecule has 198 valence electrons. The third kappa shape index (κ3) is 13.3. The van der Waals surface area contributed by atoms with E-state index in [1.54, 1.807) is 0 Å². The van der Waals surface area contributed by atoms with E-state index in [1.165, 1.54) is 0 Å². The number of nitrogens with zero attached hydrogens (tertiary/aromatic N) is 1. The summed E-state index contributed by atoms with van der Waals surface area (Å²) in [5.74, 6) is -7.76. The minimum absolute atomic E-state index is 0.109. The summed E-state index contributed by atoms with van der Waals surface area (Å²) in [7, 11) is 0. The lowest BCUT2D eigenvalue weighted by atomic mass is 10.1. The number of nitrogens with one attached hydrogen (secondary N) is 3. The number of carbonyl (C=O) groups excluding carboxylic acids is 3. The fourth-order valence-corrected chi connectivity index (χ4v) is 2.58. The van der Waals surface area contributed by atoms with E-state index in [0.29, 0.717) is 6.42 Å². The molecule has 35 heavy (non-hydrogen) atoms. The largest absolute Gasteiger partial charge is 0.481 e. The average Bonchev–Trinajstić information content (AvgIpc) is 2.75. The average molecular weight is 505 g/mol. The van der Waals surface area contributed by atoms with Crippen molar-refractivity contribution in [1.29, 1.82) is 0 Å². The van der Waals surface area contributed by atoms with Crippen LogP contribution in [0.2, 0.25) is 0 Å². The minimum Gasteiger partial charge on any atom is -0.481 e. The van der Waals surface area contributed by atoms with Crippen molar-refractivity contribution in [3.63, 3.8) is 0 Å². The zero-order valence-corrected chi connectivity index (χ0v) is 18.7. The summed E-state index contributed by atoms with van der Waals surface area (Å²) < 4.78 is 0. The zero-order valence-electron chi connectivity index (χ0n) is 18.7. The zero-order chi connectivity index (χ0) is 27.1. The number of aliphatic hydroxyl groups is 1. The van der Waals surface area contributed by atoms with Gasteiger partial charge in [0.05, 0.1) is 19.1 Å². The molecule has 0 spiro atoms. The van der Waals surface area contributed by atoms with Crippen molar-refractivity contribution in [1.82, 2.24) is 16.0 Å². The molecule has 0 aliphatic rings. The first-order valence-electron chi connectivity index (χ1n) is 10.3. The molecule has 0 aromatic rings. The van der Waals surface area contributed by atoms with Crippen molar-refractivity contribution in [3.05, 3.63) is 0 Å². The van der Waals surface area contributed by atoms with E-state index in [9.17, 15) is 28.8 Å². The molecule has 3 amide bonds. The van der Waals surface area contributed by atoms with Crippen LogP contribution in [-0.2, 0) is 28.8 Å². The van der Waals surface area contributed by atoms with Crippen LogP contribution in [0.25, 0.3) is 0 Å². The number of carbonyl (C=O) groups is 6. The number of aliphatic hydroxyl groups excluding tert-OH is 1. The number of carboxylic acid groups (broad SMARTS) is 3. The lowest BCUT2D eigenvalue weighted by molar-refractivity contribution is -0.144. The van der Waals surface area contributed by atoms with Crippen LogP contribution in [0.15, 0.2) is 4.99 Å². The minimum atomic E-state index is -1.80. The Morgan fingerprint density at radius 2 is 1.31 bits per heavy atom. The quantitative estimate of drug-likeness (QED) is 0.0504. The Morgan fingerprint density at radius 1 is 0.771 bits per heavy atom. The Bertz CT molecular complexity index is 815. The van der Waals surface area contributed by atoms with Gasteiger partial charge in [-0.2, -0.15) is 0 Å². The predicted octanol–water partition coefficient (Wildman–Crippen LogP) is -4.76. The van der Waals surface area contributed by atoms with E-state index in [4.69, 9.17) is 37.6 Å². The summed E-state index contributed by atoms with van der Waals surface area (Å²) in [6.45, 7) is -0.823. The van der Waals surface area contributed by atoms with Gasteiger partial charge in [0.1, 0.15) is 18.1 Å². The second kappa shape index (κ2) is 15.8. The molecule has 4 unspecified atom stereocenters.